The van der Waals surface area contributed by atoms with Crippen molar-refractivity contribution in [1.82, 2.24) is 9.88 Å². The van der Waals surface area contributed by atoms with Gasteiger partial charge in [-0.1, -0.05) is 19.9 Å². The Hall–Kier alpha value is -2.80. The van der Waals surface area contributed by atoms with Gasteiger partial charge in [-0.15, -0.1) is 11.3 Å². The van der Waals surface area contributed by atoms with Gasteiger partial charge in [0.1, 0.15) is 5.00 Å². The Bertz CT molecular complexity index is 897. The van der Waals surface area contributed by atoms with Crippen molar-refractivity contribution >= 4 is 46.1 Å². The third-order valence-electron chi connectivity index (χ3n) is 4.38. The summed E-state index contributed by atoms with van der Waals surface area (Å²) in [6.07, 6.45) is 7.61. The van der Waals surface area contributed by atoms with Crippen LogP contribution in [0.15, 0.2) is 40.5 Å². The number of aliphatic imine (C=N–C) groups is 1. The highest BCUT2D eigenvalue weighted by molar-refractivity contribution is 7.14. The van der Waals surface area contributed by atoms with Gasteiger partial charge in [-0.2, -0.15) is 0 Å². The molecular weight excluding hydrogens is 372 g/mol. The number of benzene rings is 1. The van der Waals surface area contributed by atoms with E-state index < -0.39 is 0 Å². The lowest BCUT2D eigenvalue weighted by molar-refractivity contribution is -0.127. The highest BCUT2D eigenvalue weighted by Crippen LogP contribution is 2.28. The number of anilines is 1. The van der Waals surface area contributed by atoms with E-state index in [1.54, 1.807) is 30.1 Å². The van der Waals surface area contributed by atoms with E-state index in [0.717, 1.165) is 37.1 Å². The molecule has 1 aliphatic heterocycles. The lowest BCUT2D eigenvalue weighted by atomic mass is 10.0. The molecule has 0 aliphatic carbocycles. The van der Waals surface area contributed by atoms with E-state index in [-0.39, 0.29) is 11.8 Å². The average Bonchev–Trinajstić information content (AvgIpc) is 3.10. The third kappa shape index (κ3) is 4.72. The monoisotopic (exact) mass is 396 g/mol. The standard InChI is InChI=1S/C21H24N4O2S/c1-3-9-25(10-4-2)21(27)17-7-8-23-18-12-16(6-5-15(18)11-17)20(26)24-19-13-22-14-28-19/h5-6,8,11-14H,3-4,7,9-10H2,1-2H3,(H,24,26). The molecule has 0 spiro atoms. The number of nitrogens with one attached hydrogen (secondary N) is 1. The second-order valence-corrected chi connectivity index (χ2v) is 7.46. The van der Waals surface area contributed by atoms with Crippen LogP contribution in [0.3, 0.4) is 0 Å². The first-order valence-corrected chi connectivity index (χ1v) is 10.4. The minimum Gasteiger partial charge on any atom is -0.339 e. The molecule has 1 aromatic heterocycles. The van der Waals surface area contributed by atoms with Gasteiger partial charge in [-0.25, -0.2) is 0 Å². The molecule has 0 saturated heterocycles. The lowest BCUT2D eigenvalue weighted by Crippen LogP contribution is -2.33. The Morgan fingerprint density at radius 2 is 2.00 bits per heavy atom. The fourth-order valence-electron chi connectivity index (χ4n) is 3.08. The first-order valence-electron chi connectivity index (χ1n) is 9.48. The van der Waals surface area contributed by atoms with Crippen LogP contribution in [0.5, 0.6) is 0 Å². The summed E-state index contributed by atoms with van der Waals surface area (Å²) in [5, 5.41) is 3.52. The Balaban J connectivity index is 1.82. The van der Waals surface area contributed by atoms with E-state index in [9.17, 15) is 9.59 Å². The summed E-state index contributed by atoms with van der Waals surface area (Å²) in [4.78, 5) is 35.7. The van der Waals surface area contributed by atoms with Crippen molar-refractivity contribution in [3.05, 3.63) is 46.6 Å². The zero-order valence-electron chi connectivity index (χ0n) is 16.1. The second-order valence-electron chi connectivity index (χ2n) is 6.57. The molecular formula is C21H24N4O2S. The van der Waals surface area contributed by atoms with Crippen LogP contribution in [0.25, 0.3) is 6.08 Å². The van der Waals surface area contributed by atoms with Gasteiger partial charge < -0.3 is 10.2 Å². The predicted molar refractivity (Wildman–Crippen MR) is 114 cm³/mol. The van der Waals surface area contributed by atoms with Gasteiger partial charge in [0.15, 0.2) is 0 Å². The topological polar surface area (TPSA) is 74.7 Å². The maximum atomic E-state index is 12.9. The van der Waals surface area contributed by atoms with Crippen LogP contribution < -0.4 is 5.32 Å². The molecule has 7 heteroatoms. The van der Waals surface area contributed by atoms with Crippen LogP contribution in [-0.2, 0) is 4.79 Å². The molecule has 2 amide bonds. The van der Waals surface area contributed by atoms with E-state index in [2.05, 4.69) is 29.1 Å². The number of thiazole rings is 1. The quantitative estimate of drug-likeness (QED) is 0.747. The maximum Gasteiger partial charge on any atom is 0.256 e. The molecule has 1 aromatic carbocycles. The van der Waals surface area contributed by atoms with Gasteiger partial charge in [0.2, 0.25) is 5.91 Å². The highest BCUT2D eigenvalue weighted by atomic mass is 32.1. The molecule has 146 valence electrons. The minimum atomic E-state index is -0.205. The maximum absolute atomic E-state index is 12.9. The average molecular weight is 397 g/mol. The SMILES string of the molecule is CCCN(CCC)C(=O)C1=Cc2ccc(C(=O)Nc3cncs3)cc2N=CC1. The molecule has 0 radical (unpaired) electrons. The number of nitrogens with zero attached hydrogens (tertiary/aromatic N) is 3. The van der Waals surface area contributed by atoms with Gasteiger partial charge in [-0.3, -0.25) is 19.6 Å². The molecule has 0 fully saturated rings. The smallest absolute Gasteiger partial charge is 0.256 e. The first-order chi connectivity index (χ1) is 13.6. The molecule has 1 N–H and O–H groups in total. The summed E-state index contributed by atoms with van der Waals surface area (Å²) >= 11 is 1.37. The van der Waals surface area contributed by atoms with Crippen LogP contribution in [0.1, 0.15) is 49.0 Å². The fourth-order valence-corrected chi connectivity index (χ4v) is 3.58. The molecule has 0 atom stereocenters. The van der Waals surface area contributed by atoms with Crippen molar-refractivity contribution in [2.75, 3.05) is 18.4 Å². The normalized spacial score (nSPS) is 12.7. The predicted octanol–water partition coefficient (Wildman–Crippen LogP) is 4.53. The Kier molecular flexibility index (Phi) is 6.71. The van der Waals surface area contributed by atoms with Crippen molar-refractivity contribution in [1.29, 1.82) is 0 Å². The molecule has 0 saturated carbocycles. The summed E-state index contributed by atoms with van der Waals surface area (Å²) in [5.74, 6) is -0.140. The fraction of sp³-hybridized carbons (Fsp3) is 0.333. The number of aromatic nitrogens is 1. The summed E-state index contributed by atoms with van der Waals surface area (Å²) in [7, 11) is 0. The second kappa shape index (κ2) is 9.41. The summed E-state index contributed by atoms with van der Waals surface area (Å²) in [6.45, 7) is 5.66. The summed E-state index contributed by atoms with van der Waals surface area (Å²) in [5.41, 5.74) is 4.45. The van der Waals surface area contributed by atoms with Gasteiger partial charge in [0.05, 0.1) is 17.4 Å². The zero-order valence-corrected chi connectivity index (χ0v) is 17.0. The van der Waals surface area contributed by atoms with Crippen LogP contribution in [0, 0.1) is 0 Å². The molecule has 6 nitrogen and oxygen atoms in total. The Labute approximate surface area is 169 Å². The van der Waals surface area contributed by atoms with Crippen molar-refractivity contribution in [3.8, 4) is 0 Å². The van der Waals surface area contributed by atoms with Crippen LogP contribution in [0.4, 0.5) is 10.7 Å². The summed E-state index contributed by atoms with van der Waals surface area (Å²) in [6, 6.07) is 5.35. The minimum absolute atomic E-state index is 0.0648. The molecule has 2 aromatic rings. The van der Waals surface area contributed by atoms with E-state index in [1.165, 1.54) is 11.3 Å². The number of rotatable bonds is 7. The zero-order chi connectivity index (χ0) is 19.9. The number of carbonyl (C=O) groups is 2. The van der Waals surface area contributed by atoms with Gasteiger partial charge in [-0.05, 0) is 31.1 Å². The van der Waals surface area contributed by atoms with Crippen LogP contribution in [-0.4, -0.2) is 41.0 Å². The number of hydrogen-bond acceptors (Lipinski definition) is 5. The molecule has 28 heavy (non-hydrogen) atoms. The van der Waals surface area contributed by atoms with Crippen molar-refractivity contribution in [2.24, 2.45) is 4.99 Å². The third-order valence-corrected chi connectivity index (χ3v) is 5.07. The van der Waals surface area contributed by atoms with E-state index in [1.807, 2.05) is 17.0 Å². The highest BCUT2D eigenvalue weighted by Gasteiger charge is 2.19. The van der Waals surface area contributed by atoms with Gasteiger partial charge in [0, 0.05) is 42.4 Å². The van der Waals surface area contributed by atoms with Crippen molar-refractivity contribution in [3.63, 3.8) is 0 Å². The number of carbonyl (C=O) groups excluding carboxylic acids is 2. The van der Waals surface area contributed by atoms with Crippen LogP contribution >= 0.6 is 11.3 Å². The van der Waals surface area contributed by atoms with Crippen LogP contribution in [0.2, 0.25) is 0 Å². The largest absolute Gasteiger partial charge is 0.339 e. The number of hydrogen-bond donors (Lipinski definition) is 1. The molecule has 0 unspecified atom stereocenters. The lowest BCUT2D eigenvalue weighted by Gasteiger charge is -2.22. The Morgan fingerprint density at radius 1 is 1.21 bits per heavy atom. The van der Waals surface area contributed by atoms with Gasteiger partial charge >= 0.3 is 0 Å². The van der Waals surface area contributed by atoms with Gasteiger partial charge in [0.25, 0.3) is 5.91 Å². The first kappa shape index (κ1) is 19.9. The van der Waals surface area contributed by atoms with E-state index in [0.29, 0.717) is 22.7 Å². The van der Waals surface area contributed by atoms with E-state index >= 15 is 0 Å². The number of amides is 2. The molecule has 0 bridgehead atoms. The van der Waals surface area contributed by atoms with Crippen molar-refractivity contribution < 1.29 is 9.59 Å². The molecule has 2 heterocycles. The Morgan fingerprint density at radius 3 is 2.68 bits per heavy atom. The molecule has 1 aliphatic rings. The number of fused-ring (bicyclic) bond motifs is 1. The van der Waals surface area contributed by atoms with Crippen molar-refractivity contribution in [2.45, 2.75) is 33.1 Å². The summed E-state index contributed by atoms with van der Waals surface area (Å²) < 4.78 is 0. The van der Waals surface area contributed by atoms with E-state index in [4.69, 9.17) is 0 Å². The molecule has 3 rings (SSSR count).